The van der Waals surface area contributed by atoms with Crippen LogP contribution in [0.4, 0.5) is 10.5 Å². The molecule has 9 heteroatoms. The van der Waals surface area contributed by atoms with Crippen molar-refractivity contribution in [1.29, 1.82) is 0 Å². The molecule has 0 unspecified atom stereocenters. The van der Waals surface area contributed by atoms with Gasteiger partial charge in [-0.1, -0.05) is 6.07 Å². The van der Waals surface area contributed by atoms with Crippen molar-refractivity contribution in [3.8, 4) is 5.82 Å². The fourth-order valence-electron chi connectivity index (χ4n) is 2.41. The van der Waals surface area contributed by atoms with Gasteiger partial charge in [-0.15, -0.1) is 10.2 Å². The standard InChI is InChI=1S/C16H14N8O/c25-16(18-11-14-22-21-13-6-1-2-9-23(13)14)20-12-5-3-7-17-15(12)24-10-4-8-19-24/h1-10H,11H2,(H2,18,20,25). The molecule has 4 aromatic rings. The molecule has 0 aliphatic carbocycles. The van der Waals surface area contributed by atoms with E-state index in [1.54, 1.807) is 41.5 Å². The Labute approximate surface area is 142 Å². The number of carbonyl (C=O) groups is 1. The molecule has 4 rings (SSSR count). The highest BCUT2D eigenvalue weighted by Gasteiger charge is 2.11. The molecular formula is C16H14N8O. The summed E-state index contributed by atoms with van der Waals surface area (Å²) in [7, 11) is 0. The van der Waals surface area contributed by atoms with Crippen molar-refractivity contribution in [2.45, 2.75) is 6.54 Å². The van der Waals surface area contributed by atoms with E-state index in [1.165, 1.54) is 0 Å². The fourth-order valence-corrected chi connectivity index (χ4v) is 2.41. The maximum Gasteiger partial charge on any atom is 0.319 e. The number of nitrogens with zero attached hydrogens (tertiary/aromatic N) is 6. The van der Waals surface area contributed by atoms with Crippen LogP contribution in [0.15, 0.2) is 61.2 Å². The van der Waals surface area contributed by atoms with Crippen molar-refractivity contribution in [3.05, 3.63) is 67.0 Å². The van der Waals surface area contributed by atoms with Crippen LogP contribution < -0.4 is 10.6 Å². The van der Waals surface area contributed by atoms with Crippen LogP contribution in [0.3, 0.4) is 0 Å². The maximum absolute atomic E-state index is 12.2. The summed E-state index contributed by atoms with van der Waals surface area (Å²) in [6.45, 7) is 0.244. The second-order valence-electron chi connectivity index (χ2n) is 5.18. The van der Waals surface area contributed by atoms with E-state index in [4.69, 9.17) is 0 Å². The highest BCUT2D eigenvalue weighted by molar-refractivity contribution is 5.90. The van der Waals surface area contributed by atoms with Crippen molar-refractivity contribution >= 4 is 17.4 Å². The number of urea groups is 1. The molecule has 9 nitrogen and oxygen atoms in total. The third-order valence-electron chi connectivity index (χ3n) is 3.55. The summed E-state index contributed by atoms with van der Waals surface area (Å²) in [5, 5.41) is 17.8. The van der Waals surface area contributed by atoms with Gasteiger partial charge < -0.3 is 10.6 Å². The molecule has 124 valence electrons. The summed E-state index contributed by atoms with van der Waals surface area (Å²) in [4.78, 5) is 16.5. The summed E-state index contributed by atoms with van der Waals surface area (Å²) in [5.74, 6) is 1.18. The number of hydrogen-bond donors (Lipinski definition) is 2. The van der Waals surface area contributed by atoms with Crippen LogP contribution >= 0.6 is 0 Å². The van der Waals surface area contributed by atoms with Crippen LogP contribution in [0.1, 0.15) is 5.82 Å². The Bertz CT molecular complexity index is 1010. The topological polar surface area (TPSA) is 102 Å². The first kappa shape index (κ1) is 14.8. The Balaban J connectivity index is 1.46. The van der Waals surface area contributed by atoms with E-state index in [2.05, 4.69) is 30.9 Å². The van der Waals surface area contributed by atoms with Crippen molar-refractivity contribution in [3.63, 3.8) is 0 Å². The fraction of sp³-hybridized carbons (Fsp3) is 0.0625. The van der Waals surface area contributed by atoms with Gasteiger partial charge in [0.05, 0.1) is 12.2 Å². The molecule has 0 bridgehead atoms. The molecule has 0 aliphatic rings. The zero-order valence-corrected chi connectivity index (χ0v) is 13.1. The number of carbonyl (C=O) groups excluding carboxylic acids is 1. The lowest BCUT2D eigenvalue weighted by molar-refractivity contribution is 0.251. The van der Waals surface area contributed by atoms with E-state index in [9.17, 15) is 4.79 Å². The first-order chi connectivity index (χ1) is 12.3. The summed E-state index contributed by atoms with van der Waals surface area (Å²) < 4.78 is 3.40. The number of hydrogen-bond acceptors (Lipinski definition) is 5. The highest BCUT2D eigenvalue weighted by atomic mass is 16.2. The van der Waals surface area contributed by atoms with Crippen molar-refractivity contribution in [2.24, 2.45) is 0 Å². The van der Waals surface area contributed by atoms with Gasteiger partial charge in [0, 0.05) is 24.8 Å². The number of amides is 2. The lowest BCUT2D eigenvalue weighted by Crippen LogP contribution is -2.29. The molecule has 0 saturated heterocycles. The Morgan fingerprint density at radius 1 is 1.04 bits per heavy atom. The zero-order valence-electron chi connectivity index (χ0n) is 13.1. The Morgan fingerprint density at radius 3 is 2.88 bits per heavy atom. The number of nitrogens with one attached hydrogen (secondary N) is 2. The lowest BCUT2D eigenvalue weighted by atomic mass is 10.4. The van der Waals surface area contributed by atoms with E-state index in [1.807, 2.05) is 28.8 Å². The Hall–Kier alpha value is -3.75. The first-order valence-electron chi connectivity index (χ1n) is 7.60. The molecule has 2 N–H and O–H groups in total. The minimum absolute atomic E-state index is 0.244. The second-order valence-corrected chi connectivity index (χ2v) is 5.18. The van der Waals surface area contributed by atoms with E-state index in [0.717, 1.165) is 5.65 Å². The first-order valence-corrected chi connectivity index (χ1v) is 7.60. The molecule has 25 heavy (non-hydrogen) atoms. The van der Waals surface area contributed by atoms with Gasteiger partial charge in [-0.3, -0.25) is 4.40 Å². The summed E-state index contributed by atoms with van der Waals surface area (Å²) in [6.07, 6.45) is 6.90. The minimum atomic E-state index is -0.367. The monoisotopic (exact) mass is 334 g/mol. The van der Waals surface area contributed by atoms with Crippen LogP contribution in [0, 0.1) is 0 Å². The number of pyridine rings is 2. The van der Waals surface area contributed by atoms with Crippen LogP contribution in [0.25, 0.3) is 11.5 Å². The second kappa shape index (κ2) is 6.40. The number of fused-ring (bicyclic) bond motifs is 1. The average molecular weight is 334 g/mol. The normalized spacial score (nSPS) is 10.7. The number of rotatable bonds is 4. The summed E-state index contributed by atoms with van der Waals surface area (Å²) in [6, 6.07) is 10.5. The quantitative estimate of drug-likeness (QED) is 0.590. The van der Waals surface area contributed by atoms with E-state index in [-0.39, 0.29) is 12.6 Å². The zero-order chi connectivity index (χ0) is 17.1. The SMILES string of the molecule is O=C(NCc1nnc2ccccn12)Nc1cccnc1-n1cccn1. The van der Waals surface area contributed by atoms with Crippen LogP contribution in [0.5, 0.6) is 0 Å². The third kappa shape index (κ3) is 3.02. The van der Waals surface area contributed by atoms with Gasteiger partial charge in [-0.05, 0) is 30.3 Å². The molecule has 4 heterocycles. The molecule has 4 aromatic heterocycles. The molecule has 2 amide bonds. The summed E-state index contributed by atoms with van der Waals surface area (Å²) >= 11 is 0. The van der Waals surface area contributed by atoms with E-state index < -0.39 is 0 Å². The molecule has 0 aliphatic heterocycles. The smallest absolute Gasteiger partial charge is 0.319 e. The van der Waals surface area contributed by atoms with Crippen molar-refractivity contribution in [2.75, 3.05) is 5.32 Å². The van der Waals surface area contributed by atoms with Gasteiger partial charge in [-0.2, -0.15) is 5.10 Å². The van der Waals surface area contributed by atoms with E-state index in [0.29, 0.717) is 17.3 Å². The number of anilines is 1. The van der Waals surface area contributed by atoms with Crippen LogP contribution in [0.2, 0.25) is 0 Å². The van der Waals surface area contributed by atoms with Crippen LogP contribution in [-0.4, -0.2) is 35.4 Å². The average Bonchev–Trinajstić information content (AvgIpc) is 3.30. The Kier molecular flexibility index (Phi) is 3.79. The molecule has 0 spiro atoms. The van der Waals surface area contributed by atoms with E-state index >= 15 is 0 Å². The lowest BCUT2D eigenvalue weighted by Gasteiger charge is -2.10. The van der Waals surface area contributed by atoms with Crippen molar-refractivity contribution < 1.29 is 4.79 Å². The van der Waals surface area contributed by atoms with Gasteiger partial charge in [0.2, 0.25) is 0 Å². The van der Waals surface area contributed by atoms with Gasteiger partial charge >= 0.3 is 6.03 Å². The highest BCUT2D eigenvalue weighted by Crippen LogP contribution is 2.15. The maximum atomic E-state index is 12.2. The van der Waals surface area contributed by atoms with Gasteiger partial charge in [0.1, 0.15) is 0 Å². The molecule has 0 fully saturated rings. The van der Waals surface area contributed by atoms with Gasteiger partial charge in [-0.25, -0.2) is 14.5 Å². The van der Waals surface area contributed by atoms with Crippen LogP contribution in [-0.2, 0) is 6.54 Å². The molecule has 0 saturated carbocycles. The van der Waals surface area contributed by atoms with Crippen molar-refractivity contribution in [1.82, 2.24) is 34.7 Å². The minimum Gasteiger partial charge on any atom is -0.331 e. The third-order valence-corrected chi connectivity index (χ3v) is 3.55. The molecule has 0 radical (unpaired) electrons. The molecular weight excluding hydrogens is 320 g/mol. The summed E-state index contributed by atoms with van der Waals surface area (Å²) in [5.41, 5.74) is 1.28. The largest absolute Gasteiger partial charge is 0.331 e. The molecule has 0 atom stereocenters. The predicted octanol–water partition coefficient (Wildman–Crippen LogP) is 1.63. The molecule has 0 aromatic carbocycles. The number of aromatic nitrogens is 6. The van der Waals surface area contributed by atoms with Gasteiger partial charge in [0.15, 0.2) is 17.3 Å². The Morgan fingerprint density at radius 2 is 2.00 bits per heavy atom. The predicted molar refractivity (Wildman–Crippen MR) is 90.2 cm³/mol. The van der Waals surface area contributed by atoms with Gasteiger partial charge in [0.25, 0.3) is 0 Å².